The third-order valence-corrected chi connectivity index (χ3v) is 3.48. The summed E-state index contributed by atoms with van der Waals surface area (Å²) in [6.07, 6.45) is -0.673. The van der Waals surface area contributed by atoms with Crippen molar-refractivity contribution < 1.29 is 14.3 Å². The predicted octanol–water partition coefficient (Wildman–Crippen LogP) is 4.05. The van der Waals surface area contributed by atoms with E-state index in [0.717, 1.165) is 0 Å². The lowest BCUT2D eigenvalue weighted by atomic mass is 10.1. The lowest BCUT2D eigenvalue weighted by Crippen LogP contribution is -2.44. The van der Waals surface area contributed by atoms with Crippen LogP contribution >= 0.6 is 11.6 Å². The minimum Gasteiger partial charge on any atom is -0.444 e. The van der Waals surface area contributed by atoms with Crippen molar-refractivity contribution in [3.8, 4) is 0 Å². The molecular weight excluding hydrogens is 354 g/mol. The fourth-order valence-electron chi connectivity index (χ4n) is 2.11. The summed E-state index contributed by atoms with van der Waals surface area (Å²) in [5, 5.41) is 3.19. The van der Waals surface area contributed by atoms with Gasteiger partial charge < -0.3 is 10.1 Å². The van der Waals surface area contributed by atoms with Crippen LogP contribution in [0.4, 0.5) is 10.5 Å². The molecule has 0 radical (unpaired) electrons. The molecule has 0 heterocycles. The SMILES string of the molecule is CC(C)(C)OC(=O)NC(C(=O)NNc1ccc(Cl)cc1)c1ccccc1. The molecule has 0 aliphatic rings. The minimum absolute atomic E-state index is 0.433. The summed E-state index contributed by atoms with van der Waals surface area (Å²) in [5.41, 5.74) is 6.00. The third kappa shape index (κ3) is 6.29. The average Bonchev–Trinajstić information content (AvgIpc) is 2.58. The van der Waals surface area contributed by atoms with Crippen LogP contribution in [0.5, 0.6) is 0 Å². The van der Waals surface area contributed by atoms with Crippen LogP contribution in [0, 0.1) is 0 Å². The molecule has 1 atom stereocenters. The Labute approximate surface area is 157 Å². The Bertz CT molecular complexity index is 743. The van der Waals surface area contributed by atoms with Gasteiger partial charge in [-0.05, 0) is 50.6 Å². The van der Waals surface area contributed by atoms with Gasteiger partial charge >= 0.3 is 6.09 Å². The summed E-state index contributed by atoms with van der Waals surface area (Å²) in [6, 6.07) is 14.9. The van der Waals surface area contributed by atoms with Crippen molar-refractivity contribution in [2.24, 2.45) is 0 Å². The number of halogens is 1. The van der Waals surface area contributed by atoms with Crippen LogP contribution in [-0.4, -0.2) is 17.6 Å². The fraction of sp³-hybridized carbons (Fsp3) is 0.263. The van der Waals surface area contributed by atoms with Gasteiger partial charge in [-0.1, -0.05) is 41.9 Å². The number of amides is 2. The van der Waals surface area contributed by atoms with E-state index in [9.17, 15) is 9.59 Å². The number of rotatable bonds is 5. The topological polar surface area (TPSA) is 79.5 Å². The molecular formula is C19H22ClN3O3. The van der Waals surface area contributed by atoms with Gasteiger partial charge in [-0.2, -0.15) is 0 Å². The lowest BCUT2D eigenvalue weighted by molar-refractivity contribution is -0.122. The summed E-state index contributed by atoms with van der Waals surface area (Å²) >= 11 is 5.84. The normalized spacial score (nSPS) is 12.0. The van der Waals surface area contributed by atoms with E-state index in [1.165, 1.54) is 0 Å². The fourth-order valence-corrected chi connectivity index (χ4v) is 2.24. The van der Waals surface area contributed by atoms with E-state index in [2.05, 4.69) is 16.2 Å². The first-order valence-electron chi connectivity index (χ1n) is 8.10. The Morgan fingerprint density at radius 1 is 1.00 bits per heavy atom. The first-order chi connectivity index (χ1) is 12.2. The lowest BCUT2D eigenvalue weighted by Gasteiger charge is -2.23. The number of alkyl carbamates (subject to hydrolysis) is 1. The molecule has 0 saturated carbocycles. The van der Waals surface area contributed by atoms with Gasteiger partial charge in [0.25, 0.3) is 5.91 Å². The van der Waals surface area contributed by atoms with Crippen molar-refractivity contribution in [2.75, 3.05) is 5.43 Å². The van der Waals surface area contributed by atoms with Gasteiger partial charge in [0.1, 0.15) is 11.6 Å². The molecule has 2 rings (SSSR count). The maximum absolute atomic E-state index is 12.6. The van der Waals surface area contributed by atoms with Gasteiger partial charge in [0.2, 0.25) is 0 Å². The van der Waals surface area contributed by atoms with Crippen LogP contribution in [0.3, 0.4) is 0 Å². The van der Waals surface area contributed by atoms with Crippen molar-refractivity contribution in [1.29, 1.82) is 0 Å². The first-order valence-corrected chi connectivity index (χ1v) is 8.48. The molecule has 2 amide bonds. The van der Waals surface area contributed by atoms with Gasteiger partial charge in [-0.25, -0.2) is 4.79 Å². The van der Waals surface area contributed by atoms with Gasteiger partial charge in [-0.3, -0.25) is 15.6 Å². The van der Waals surface area contributed by atoms with Gasteiger partial charge in [0.15, 0.2) is 0 Å². The molecule has 0 bridgehead atoms. The van der Waals surface area contributed by atoms with E-state index < -0.39 is 23.6 Å². The van der Waals surface area contributed by atoms with Crippen LogP contribution < -0.4 is 16.2 Å². The molecule has 3 N–H and O–H groups in total. The van der Waals surface area contributed by atoms with Crippen LogP contribution in [0.1, 0.15) is 32.4 Å². The molecule has 0 aliphatic carbocycles. The second-order valence-electron chi connectivity index (χ2n) is 6.61. The van der Waals surface area contributed by atoms with Crippen molar-refractivity contribution in [2.45, 2.75) is 32.4 Å². The predicted molar refractivity (Wildman–Crippen MR) is 102 cm³/mol. The summed E-state index contributed by atoms with van der Waals surface area (Å²) in [5.74, 6) is -0.433. The van der Waals surface area contributed by atoms with Crippen molar-refractivity contribution >= 4 is 29.3 Å². The number of nitrogens with one attached hydrogen (secondary N) is 3. The van der Waals surface area contributed by atoms with Crippen LogP contribution in [0.2, 0.25) is 5.02 Å². The average molecular weight is 376 g/mol. The monoisotopic (exact) mass is 375 g/mol. The van der Waals surface area contributed by atoms with Crippen molar-refractivity contribution in [3.05, 3.63) is 65.2 Å². The number of carbonyl (C=O) groups excluding carboxylic acids is 2. The molecule has 26 heavy (non-hydrogen) atoms. The number of ether oxygens (including phenoxy) is 1. The second kappa shape index (κ2) is 8.58. The zero-order chi connectivity index (χ0) is 19.2. The van der Waals surface area contributed by atoms with E-state index in [1.54, 1.807) is 69.3 Å². The first kappa shape index (κ1) is 19.6. The molecule has 0 spiro atoms. The molecule has 0 aromatic heterocycles. The zero-order valence-electron chi connectivity index (χ0n) is 14.9. The van der Waals surface area contributed by atoms with E-state index >= 15 is 0 Å². The molecule has 0 fully saturated rings. The van der Waals surface area contributed by atoms with Gasteiger partial charge in [-0.15, -0.1) is 0 Å². The number of hydrazine groups is 1. The number of benzene rings is 2. The van der Waals surface area contributed by atoms with Gasteiger partial charge in [0.05, 0.1) is 5.69 Å². The standard InChI is InChI=1S/C19H22ClN3O3/c1-19(2,3)26-18(25)21-16(13-7-5-4-6-8-13)17(24)23-22-15-11-9-14(20)10-12-15/h4-12,16,22H,1-3H3,(H,21,25)(H,23,24). The largest absolute Gasteiger partial charge is 0.444 e. The maximum atomic E-state index is 12.6. The van der Waals surface area contributed by atoms with E-state index in [0.29, 0.717) is 16.3 Å². The summed E-state index contributed by atoms with van der Waals surface area (Å²) < 4.78 is 5.25. The Kier molecular flexibility index (Phi) is 6.46. The minimum atomic E-state index is -0.911. The molecule has 1 unspecified atom stereocenters. The van der Waals surface area contributed by atoms with Crippen molar-refractivity contribution in [3.63, 3.8) is 0 Å². The van der Waals surface area contributed by atoms with Crippen LogP contribution in [0.15, 0.2) is 54.6 Å². The Hall–Kier alpha value is -2.73. The third-order valence-electron chi connectivity index (χ3n) is 3.23. The maximum Gasteiger partial charge on any atom is 0.408 e. The Morgan fingerprint density at radius 2 is 1.62 bits per heavy atom. The summed E-state index contributed by atoms with van der Waals surface area (Å²) in [4.78, 5) is 24.7. The highest BCUT2D eigenvalue weighted by atomic mass is 35.5. The molecule has 0 aliphatic heterocycles. The highest BCUT2D eigenvalue weighted by Gasteiger charge is 2.25. The quantitative estimate of drug-likeness (QED) is 0.689. The number of carbonyl (C=O) groups is 2. The van der Waals surface area contributed by atoms with E-state index in [-0.39, 0.29) is 0 Å². The molecule has 0 saturated heterocycles. The number of anilines is 1. The molecule has 7 heteroatoms. The number of hydrogen-bond donors (Lipinski definition) is 3. The Balaban J connectivity index is 2.08. The van der Waals surface area contributed by atoms with Crippen LogP contribution in [-0.2, 0) is 9.53 Å². The molecule has 2 aromatic rings. The second-order valence-corrected chi connectivity index (χ2v) is 7.05. The molecule has 138 valence electrons. The molecule has 2 aromatic carbocycles. The van der Waals surface area contributed by atoms with Crippen molar-refractivity contribution in [1.82, 2.24) is 10.7 Å². The highest BCUT2D eigenvalue weighted by molar-refractivity contribution is 6.30. The van der Waals surface area contributed by atoms with Crippen LogP contribution in [0.25, 0.3) is 0 Å². The molecule has 6 nitrogen and oxygen atoms in total. The van der Waals surface area contributed by atoms with E-state index in [1.807, 2.05) is 6.07 Å². The van der Waals surface area contributed by atoms with E-state index in [4.69, 9.17) is 16.3 Å². The highest BCUT2D eigenvalue weighted by Crippen LogP contribution is 2.16. The summed E-state index contributed by atoms with van der Waals surface area (Å²) in [6.45, 7) is 5.27. The number of hydrogen-bond acceptors (Lipinski definition) is 4. The smallest absolute Gasteiger partial charge is 0.408 e. The zero-order valence-corrected chi connectivity index (χ0v) is 15.6. The summed E-state index contributed by atoms with van der Waals surface area (Å²) in [7, 11) is 0. The van der Waals surface area contributed by atoms with Gasteiger partial charge in [0, 0.05) is 5.02 Å². The Morgan fingerprint density at radius 3 is 2.19 bits per heavy atom.